The number of nitrogens with one attached hydrogen (secondary N) is 1. The van der Waals surface area contributed by atoms with Gasteiger partial charge >= 0.3 is 6.01 Å². The molecule has 0 saturated carbocycles. The van der Waals surface area contributed by atoms with E-state index in [4.69, 9.17) is 64.4 Å². The Hall–Kier alpha value is -7.02. The summed E-state index contributed by atoms with van der Waals surface area (Å²) in [5, 5.41) is 30.7. The molecular weight excluding hydrogens is 1220 g/mol. The molecule has 3 saturated heterocycles. The van der Waals surface area contributed by atoms with E-state index in [1.165, 1.54) is 6.42 Å². The molecule has 4 aliphatic heterocycles. The number of amides is 1. The largest absolute Gasteiger partial charge is 0.475 e. The first-order chi connectivity index (χ1) is 46.2. The topological polar surface area (TPSA) is 235 Å². The molecule has 0 bridgehead atoms. The fraction of sp³-hybridized carbons (Fsp3) is 0.580. The maximum absolute atomic E-state index is 13.7. The number of halogens is 1. The lowest BCUT2D eigenvalue weighted by atomic mass is 9.99. The fourth-order valence-corrected chi connectivity index (χ4v) is 12.9. The summed E-state index contributed by atoms with van der Waals surface area (Å²) < 4.78 is 48.2. The molecule has 0 unspecified atom stereocenters. The van der Waals surface area contributed by atoms with Crippen LogP contribution >= 0.6 is 11.6 Å². The molecule has 2 N–H and O–H groups in total. The van der Waals surface area contributed by atoms with E-state index in [9.17, 15) is 15.2 Å². The molecule has 2 aromatic carbocycles. The summed E-state index contributed by atoms with van der Waals surface area (Å²) in [6, 6.07) is 21.2. The predicted octanol–water partition coefficient (Wildman–Crippen LogP) is 7.27. The number of aryl methyl sites for hydroxylation is 1. The van der Waals surface area contributed by atoms with Gasteiger partial charge in [0.25, 0.3) is 0 Å². The predicted molar refractivity (Wildman–Crippen MR) is 362 cm³/mol. The van der Waals surface area contributed by atoms with Crippen molar-refractivity contribution in [2.75, 3.05) is 186 Å². The number of likely N-dealkylation sites (tertiary alicyclic amines) is 1. The van der Waals surface area contributed by atoms with Crippen LogP contribution in [0, 0.1) is 11.3 Å². The number of carbonyl (C=O) groups excluding carboxylic acids is 1. The smallest absolute Gasteiger partial charge is 0.318 e. The van der Waals surface area contributed by atoms with Crippen LogP contribution in [0.3, 0.4) is 0 Å². The third kappa shape index (κ3) is 19.6. The lowest BCUT2D eigenvalue weighted by molar-refractivity contribution is -0.128. The van der Waals surface area contributed by atoms with Crippen LogP contribution in [0.1, 0.15) is 74.3 Å². The summed E-state index contributed by atoms with van der Waals surface area (Å²) in [6.45, 7) is 15.2. The van der Waals surface area contributed by atoms with E-state index < -0.39 is 0 Å². The Morgan fingerprint density at radius 2 is 1.53 bits per heavy atom. The quantitative estimate of drug-likeness (QED) is 0.0286. The van der Waals surface area contributed by atoms with Crippen molar-refractivity contribution in [2.45, 2.75) is 95.9 Å². The zero-order valence-electron chi connectivity index (χ0n) is 55.1. The average Bonchev–Trinajstić information content (AvgIpc) is 0.966. The van der Waals surface area contributed by atoms with Gasteiger partial charge in [-0.15, -0.1) is 0 Å². The van der Waals surface area contributed by atoms with Crippen LogP contribution in [-0.4, -0.2) is 239 Å². The molecule has 3 fully saturated rings. The number of anilines is 4. The van der Waals surface area contributed by atoms with Crippen molar-refractivity contribution < 1.29 is 47.8 Å². The number of rotatable bonds is 38. The minimum atomic E-state index is -0.316. The average molecular weight is 1320 g/mol. The van der Waals surface area contributed by atoms with Gasteiger partial charge in [0.1, 0.15) is 30.7 Å². The van der Waals surface area contributed by atoms with E-state index >= 15 is 0 Å². The molecule has 24 nitrogen and oxygen atoms in total. The van der Waals surface area contributed by atoms with Crippen LogP contribution in [0.15, 0.2) is 79.1 Å². The number of pyridine rings is 1. The lowest BCUT2D eigenvalue weighted by Crippen LogP contribution is -2.55. The Balaban J connectivity index is 0.534. The second-order valence-corrected chi connectivity index (χ2v) is 24.7. The molecule has 8 heterocycles. The Morgan fingerprint density at radius 3 is 2.23 bits per heavy atom. The highest BCUT2D eigenvalue weighted by molar-refractivity contribution is 6.36. The highest BCUT2D eigenvalue weighted by atomic mass is 35.5. The summed E-state index contributed by atoms with van der Waals surface area (Å²) in [5.74, 6) is 3.02. The second kappa shape index (κ2) is 36.8. The number of nitriles is 1. The van der Waals surface area contributed by atoms with Gasteiger partial charge < -0.3 is 77.7 Å². The molecular formula is C69H95ClN14O10. The van der Waals surface area contributed by atoms with Crippen LogP contribution < -0.4 is 29.5 Å². The van der Waals surface area contributed by atoms with Crippen LogP contribution in [0.4, 0.5) is 23.1 Å². The van der Waals surface area contributed by atoms with Gasteiger partial charge in [-0.05, 0) is 95.1 Å². The van der Waals surface area contributed by atoms with Gasteiger partial charge in [-0.3, -0.25) is 4.79 Å². The van der Waals surface area contributed by atoms with E-state index in [0.29, 0.717) is 156 Å². The Kier molecular flexibility index (Phi) is 27.3. The van der Waals surface area contributed by atoms with Gasteiger partial charge in [0.2, 0.25) is 11.8 Å². The van der Waals surface area contributed by atoms with Gasteiger partial charge in [-0.25, -0.2) is 9.97 Å². The van der Waals surface area contributed by atoms with E-state index in [1.54, 1.807) is 6.08 Å². The third-order valence-electron chi connectivity index (χ3n) is 17.9. The number of likely N-dealkylation sites (N-methyl/N-ethyl adjacent to an activating group) is 2. The number of benzene rings is 2. The molecule has 1 amide bonds. The van der Waals surface area contributed by atoms with Gasteiger partial charge in [-0.2, -0.15) is 24.8 Å². The number of piperazine rings is 1. The lowest BCUT2D eigenvalue weighted by Gasteiger charge is -2.42. The number of fused-ring (bicyclic) bond motifs is 3. The van der Waals surface area contributed by atoms with E-state index in [1.807, 2.05) is 59.2 Å². The molecule has 6 aromatic rings. The number of carbonyl (C=O) groups is 1. The van der Waals surface area contributed by atoms with Crippen molar-refractivity contribution in [2.24, 2.45) is 0 Å². The normalized spacial score (nSPS) is 17.9. The van der Waals surface area contributed by atoms with Crippen molar-refractivity contribution >= 4 is 57.1 Å². The summed E-state index contributed by atoms with van der Waals surface area (Å²) in [7, 11) is 4.12. The molecule has 0 radical (unpaired) electrons. The van der Waals surface area contributed by atoms with Crippen molar-refractivity contribution in [1.82, 2.24) is 44.2 Å². The summed E-state index contributed by atoms with van der Waals surface area (Å²) in [4.78, 5) is 46.6. The van der Waals surface area contributed by atoms with Gasteiger partial charge in [0.15, 0.2) is 5.65 Å². The number of aromatic nitrogens is 6. The second-order valence-electron chi connectivity index (χ2n) is 24.3. The number of hydrogen-bond acceptors (Lipinski definition) is 22. The summed E-state index contributed by atoms with van der Waals surface area (Å²) in [6.07, 6.45) is 15.2. The van der Waals surface area contributed by atoms with Crippen molar-refractivity contribution in [3.05, 3.63) is 107 Å². The zero-order valence-corrected chi connectivity index (χ0v) is 55.8. The van der Waals surface area contributed by atoms with Crippen molar-refractivity contribution in [3.63, 3.8) is 0 Å². The summed E-state index contributed by atoms with van der Waals surface area (Å²) >= 11 is 6.80. The molecule has 0 aliphatic carbocycles. The minimum Gasteiger partial charge on any atom is -0.475 e. The minimum absolute atomic E-state index is 0.107. The molecule has 0 spiro atoms. The Morgan fingerprint density at radius 1 is 0.798 bits per heavy atom. The number of aliphatic hydroxyl groups excluding tert-OH is 1. The first-order valence-corrected chi connectivity index (χ1v) is 34.0. The van der Waals surface area contributed by atoms with Gasteiger partial charge in [0.05, 0.1) is 121 Å². The van der Waals surface area contributed by atoms with Crippen LogP contribution in [-0.2, 0) is 59.1 Å². The fourth-order valence-electron chi connectivity index (χ4n) is 12.6. The number of nitrogens with zero attached hydrogens (tertiary/aromatic N) is 13. The first-order valence-electron chi connectivity index (χ1n) is 33.6. The highest BCUT2D eigenvalue weighted by Gasteiger charge is 2.34. The van der Waals surface area contributed by atoms with E-state index in [0.717, 1.165) is 132 Å². The van der Waals surface area contributed by atoms with Gasteiger partial charge in [-0.1, -0.05) is 54.9 Å². The Bertz CT molecular complexity index is 3390. The van der Waals surface area contributed by atoms with Crippen LogP contribution in [0.25, 0.3) is 16.4 Å². The Labute approximate surface area is 557 Å². The molecule has 508 valence electrons. The maximum atomic E-state index is 13.7. The number of ether oxygens (including phenoxy) is 8. The molecule has 10 rings (SSSR count). The molecule has 25 heteroatoms. The number of aliphatic hydroxyl groups is 1. The van der Waals surface area contributed by atoms with Crippen molar-refractivity contribution in [3.8, 4) is 18.0 Å². The van der Waals surface area contributed by atoms with Crippen LogP contribution in [0.2, 0.25) is 5.02 Å². The van der Waals surface area contributed by atoms with E-state index in [2.05, 4.69) is 90.3 Å². The monoisotopic (exact) mass is 1310 g/mol. The number of piperidine rings is 1. The zero-order chi connectivity index (χ0) is 65.3. The maximum Gasteiger partial charge on any atom is 0.318 e. The molecule has 4 aliphatic rings. The molecule has 4 aromatic heterocycles. The number of hydrogen-bond donors (Lipinski definition) is 2. The van der Waals surface area contributed by atoms with Crippen molar-refractivity contribution in [1.29, 1.82) is 5.26 Å². The van der Waals surface area contributed by atoms with Gasteiger partial charge in [0, 0.05) is 118 Å². The summed E-state index contributed by atoms with van der Waals surface area (Å²) in [5.41, 5.74) is 6.01. The van der Waals surface area contributed by atoms with E-state index in [-0.39, 0.29) is 31.0 Å². The molecule has 3 atom stereocenters. The highest BCUT2D eigenvalue weighted by Crippen LogP contribution is 2.38. The van der Waals surface area contributed by atoms with Crippen LogP contribution in [0.5, 0.6) is 11.9 Å². The first kappa shape index (κ1) is 69.8. The third-order valence-corrected chi connectivity index (χ3v) is 18.2. The standard InChI is InChI=1S/C69H95ClN14O10/c1-4-53-48-74-84-62(45-63(76-67(53)84)82-26-6-5-13-55(82)22-31-85)72-46-52-18-19-64(73-47-52)93-44-43-92-42-41-91-40-39-90-38-37-89-36-35-88-34-33-87-32-30-78(2)24-10-17-65(86)83-29-28-81(49-56(83)20-23-71)68-58-21-27-80(61-16-8-12-54-11-7-15-59(70)66(54)61)50-60(58)75-69(77-68)94-51-57-14-9-25-79(57)3/h7-8,10-12,15-19,45,47-48,55-57,72,85H,4-6,9,13-14,20-22,24-44,46,49-51H2,1-3H3/b17-10+/t55-,56-,57-/m0/s1. The molecule has 94 heavy (non-hydrogen) atoms. The SMILES string of the molecule is CCc1cnn2c(NCc3ccc(OCCOCCOCCOCCOCCOCCOCCN(C)C/C=C/C(=O)N4CCN(c5nc(OC[C@@H]6CCCN6C)nc6c5CCN(c5cccc7cccc(Cl)c57)C6)C[C@@H]4CC#N)nc3)cc(N3CCCC[C@H]3CCO)nc12.